The van der Waals surface area contributed by atoms with Crippen LogP contribution in [-0.4, -0.2) is 135 Å². The van der Waals surface area contributed by atoms with E-state index in [0.717, 1.165) is 15.8 Å². The van der Waals surface area contributed by atoms with E-state index in [1.165, 1.54) is 0 Å². The molecule has 3 aliphatic heterocycles. The molecule has 1 unspecified atom stereocenters. The van der Waals surface area contributed by atoms with Gasteiger partial charge in [0.25, 0.3) is 23.6 Å². The molecule has 0 saturated carbocycles. The molecule has 4 heterocycles. The highest BCUT2D eigenvalue weighted by atomic mass is 16.6. The molecule has 2 atom stereocenters. The van der Waals surface area contributed by atoms with Crippen molar-refractivity contribution in [3.63, 3.8) is 0 Å². The third-order valence-electron chi connectivity index (χ3n) is 9.02. The zero-order chi connectivity index (χ0) is 37.3. The molecule has 0 spiro atoms. The molecule has 2 aromatic carbocycles. The highest BCUT2D eigenvalue weighted by molar-refractivity contribution is 6.25. The van der Waals surface area contributed by atoms with Crippen molar-refractivity contribution in [3.05, 3.63) is 59.3 Å². The number of benzene rings is 2. The minimum atomic E-state index is -1.02. The summed E-state index contributed by atoms with van der Waals surface area (Å²) >= 11 is 0. The average Bonchev–Trinajstić information content (AvgIpc) is 3.81. The number of hydrogen-bond donors (Lipinski definition) is 5. The van der Waals surface area contributed by atoms with Gasteiger partial charge in [-0.25, -0.2) is 0 Å². The van der Waals surface area contributed by atoms with E-state index >= 15 is 0 Å². The third kappa shape index (κ3) is 8.89. The number of anilines is 2. The Kier molecular flexibility index (Phi) is 12.4. The summed E-state index contributed by atoms with van der Waals surface area (Å²) in [5.74, 6) is -2.81. The average molecular weight is 735 g/mol. The Morgan fingerprint density at radius 3 is 2.21 bits per heavy atom. The smallest absolute Gasteiger partial charge is 0.267 e. The van der Waals surface area contributed by atoms with Gasteiger partial charge in [-0.1, -0.05) is 6.07 Å². The second kappa shape index (κ2) is 17.5. The number of amides is 6. The molecule has 5 N–H and O–H groups in total. The number of nitrogens with zero attached hydrogens (tertiary/aromatic N) is 2. The van der Waals surface area contributed by atoms with E-state index < -0.39 is 35.8 Å². The van der Waals surface area contributed by atoms with Crippen LogP contribution in [0.15, 0.2) is 42.5 Å². The van der Waals surface area contributed by atoms with E-state index in [2.05, 4.69) is 20.9 Å². The van der Waals surface area contributed by atoms with Crippen molar-refractivity contribution < 1.29 is 52.8 Å². The molecule has 282 valence electrons. The second-order valence-corrected chi connectivity index (χ2v) is 12.6. The lowest BCUT2D eigenvalue weighted by Crippen LogP contribution is -2.54. The lowest BCUT2D eigenvalue weighted by atomic mass is 10.0. The van der Waals surface area contributed by atoms with Crippen LogP contribution in [0.2, 0.25) is 0 Å². The van der Waals surface area contributed by atoms with Crippen molar-refractivity contribution in [1.29, 1.82) is 0 Å². The SMILES string of the molecule is O=C1CCC(N2C(=O)c3cccc(NCCOCCOCCOCCOCCNC(=O)c4cc5cc(N6CC[C@@H](O)C6=O)ccc5[nH]4)c3C2=O)C(=O)N1. The molecule has 3 aliphatic rings. The van der Waals surface area contributed by atoms with E-state index in [9.17, 15) is 33.9 Å². The topological polar surface area (TPSA) is 218 Å². The number of carbonyl (C=O) groups is 6. The summed E-state index contributed by atoms with van der Waals surface area (Å²) in [6, 6.07) is 11.0. The number of aliphatic hydroxyl groups is 1. The Balaban J connectivity index is 0.770. The summed E-state index contributed by atoms with van der Waals surface area (Å²) in [7, 11) is 0. The molecule has 53 heavy (non-hydrogen) atoms. The van der Waals surface area contributed by atoms with Crippen LogP contribution < -0.4 is 20.9 Å². The van der Waals surface area contributed by atoms with Gasteiger partial charge in [-0.2, -0.15) is 0 Å². The number of aromatic nitrogens is 1. The van der Waals surface area contributed by atoms with Crippen LogP contribution in [-0.2, 0) is 33.3 Å². The van der Waals surface area contributed by atoms with Crippen LogP contribution in [0.3, 0.4) is 0 Å². The zero-order valence-corrected chi connectivity index (χ0v) is 29.0. The summed E-state index contributed by atoms with van der Waals surface area (Å²) in [6.45, 7) is 3.91. The predicted octanol–water partition coefficient (Wildman–Crippen LogP) is 0.575. The minimum Gasteiger partial charge on any atom is -0.383 e. The fourth-order valence-electron chi connectivity index (χ4n) is 6.35. The standard InChI is InChI=1S/C36H42N6O11/c43-29-8-11-41(35(29)48)23-4-5-25-22(20-23)21-27(39-25)32(45)38-10-13-51-15-17-53-19-18-52-16-14-50-12-9-37-26-3-1-2-24-31(26)36(49)42(34(24)47)28-6-7-30(44)40-33(28)46/h1-5,20-21,28-29,37,39,43H,6-19H2,(H,38,45)(H,40,44,46)/t28?,29-/m1/s1. The summed E-state index contributed by atoms with van der Waals surface area (Å²) < 4.78 is 22.1. The fourth-order valence-corrected chi connectivity index (χ4v) is 6.35. The number of nitrogens with one attached hydrogen (secondary N) is 4. The van der Waals surface area contributed by atoms with Crippen molar-refractivity contribution in [2.75, 3.05) is 82.7 Å². The van der Waals surface area contributed by atoms with Crippen molar-refractivity contribution in [3.8, 4) is 0 Å². The molecular weight excluding hydrogens is 692 g/mol. The maximum absolute atomic E-state index is 13.2. The van der Waals surface area contributed by atoms with E-state index in [0.29, 0.717) is 96.0 Å². The summed E-state index contributed by atoms with van der Waals surface area (Å²) in [5.41, 5.74) is 2.70. The van der Waals surface area contributed by atoms with Gasteiger partial charge in [0.2, 0.25) is 11.8 Å². The van der Waals surface area contributed by atoms with Gasteiger partial charge in [-0.05, 0) is 42.8 Å². The van der Waals surface area contributed by atoms with E-state index in [1.807, 2.05) is 6.07 Å². The normalized spacial score (nSPS) is 18.6. The van der Waals surface area contributed by atoms with Crippen molar-refractivity contribution in [2.24, 2.45) is 0 Å². The molecule has 0 radical (unpaired) electrons. The molecule has 2 saturated heterocycles. The maximum atomic E-state index is 13.2. The summed E-state index contributed by atoms with van der Waals surface area (Å²) in [5, 5.41) is 18.6. The molecule has 6 amide bonds. The first kappa shape index (κ1) is 37.6. The Morgan fingerprint density at radius 2 is 1.53 bits per heavy atom. The molecular formula is C36H42N6O11. The number of piperidine rings is 1. The number of imide groups is 2. The maximum Gasteiger partial charge on any atom is 0.267 e. The van der Waals surface area contributed by atoms with Crippen LogP contribution in [0.1, 0.15) is 50.5 Å². The molecule has 6 rings (SSSR count). The van der Waals surface area contributed by atoms with Gasteiger partial charge in [0.15, 0.2) is 0 Å². The number of carbonyl (C=O) groups excluding carboxylic acids is 6. The number of hydrogen-bond acceptors (Lipinski definition) is 12. The molecule has 2 fully saturated rings. The van der Waals surface area contributed by atoms with Gasteiger partial charge in [-0.15, -0.1) is 0 Å². The van der Waals surface area contributed by atoms with Crippen molar-refractivity contribution >= 4 is 57.7 Å². The first-order valence-electron chi connectivity index (χ1n) is 17.5. The number of aromatic amines is 1. The number of ether oxygens (including phenoxy) is 4. The fraction of sp³-hybridized carbons (Fsp3) is 0.444. The highest BCUT2D eigenvalue weighted by Crippen LogP contribution is 2.32. The number of H-pyrrole nitrogens is 1. The van der Waals surface area contributed by atoms with Crippen molar-refractivity contribution in [2.45, 2.75) is 31.4 Å². The Morgan fingerprint density at radius 1 is 0.830 bits per heavy atom. The van der Waals surface area contributed by atoms with Gasteiger partial charge < -0.3 is 44.6 Å². The molecule has 0 bridgehead atoms. The van der Waals surface area contributed by atoms with Crippen LogP contribution >= 0.6 is 0 Å². The number of rotatable bonds is 19. The van der Waals surface area contributed by atoms with Crippen LogP contribution in [0.4, 0.5) is 11.4 Å². The minimum absolute atomic E-state index is 0.0552. The molecule has 17 heteroatoms. The second-order valence-electron chi connectivity index (χ2n) is 12.6. The molecule has 17 nitrogen and oxygen atoms in total. The van der Waals surface area contributed by atoms with Crippen LogP contribution in [0, 0.1) is 0 Å². The van der Waals surface area contributed by atoms with E-state index in [4.69, 9.17) is 18.9 Å². The van der Waals surface area contributed by atoms with E-state index in [-0.39, 0.29) is 35.8 Å². The van der Waals surface area contributed by atoms with Gasteiger partial charge in [0.05, 0.1) is 64.0 Å². The van der Waals surface area contributed by atoms with Crippen LogP contribution in [0.25, 0.3) is 10.9 Å². The van der Waals surface area contributed by atoms with Crippen molar-refractivity contribution in [1.82, 2.24) is 20.5 Å². The first-order valence-corrected chi connectivity index (χ1v) is 17.5. The quantitative estimate of drug-likeness (QED) is 0.0844. The lowest BCUT2D eigenvalue weighted by Gasteiger charge is -2.27. The van der Waals surface area contributed by atoms with Crippen LogP contribution in [0.5, 0.6) is 0 Å². The summed E-state index contributed by atoms with van der Waals surface area (Å²) in [6.07, 6.45) is -0.425. The van der Waals surface area contributed by atoms with Gasteiger partial charge in [0, 0.05) is 54.8 Å². The molecule has 0 aliphatic carbocycles. The largest absolute Gasteiger partial charge is 0.383 e. The number of aliphatic hydroxyl groups excluding tert-OH is 1. The zero-order valence-electron chi connectivity index (χ0n) is 29.0. The Labute approximate surface area is 304 Å². The van der Waals surface area contributed by atoms with Gasteiger partial charge >= 0.3 is 0 Å². The predicted molar refractivity (Wildman–Crippen MR) is 188 cm³/mol. The molecule has 3 aromatic rings. The monoisotopic (exact) mass is 734 g/mol. The highest BCUT2D eigenvalue weighted by Gasteiger charge is 2.45. The summed E-state index contributed by atoms with van der Waals surface area (Å²) in [4.78, 5) is 80.2. The number of fused-ring (bicyclic) bond motifs is 2. The molecule has 1 aromatic heterocycles. The Bertz CT molecular complexity index is 1860. The van der Waals surface area contributed by atoms with Gasteiger partial charge in [-0.3, -0.25) is 39.0 Å². The lowest BCUT2D eigenvalue weighted by molar-refractivity contribution is -0.136. The van der Waals surface area contributed by atoms with Gasteiger partial charge in [0.1, 0.15) is 17.8 Å². The van der Waals surface area contributed by atoms with E-state index in [1.54, 1.807) is 41.3 Å². The first-order chi connectivity index (χ1) is 25.7. The Hall–Kier alpha value is -5.20. The third-order valence-corrected chi connectivity index (χ3v) is 9.02.